The molecule has 1 rings (SSSR count). The van der Waals surface area contributed by atoms with Gasteiger partial charge in [0.2, 0.25) is 0 Å². The molecule has 0 radical (unpaired) electrons. The Labute approximate surface area is 99.1 Å². The Morgan fingerprint density at radius 1 is 1.44 bits per heavy atom. The fourth-order valence-electron chi connectivity index (χ4n) is 2.33. The molecule has 0 aromatic rings. The quantitative estimate of drug-likeness (QED) is 0.788. The van der Waals surface area contributed by atoms with Crippen LogP contribution >= 0.6 is 0 Å². The minimum Gasteiger partial charge on any atom is -0.390 e. The summed E-state index contributed by atoms with van der Waals surface area (Å²) in [6.07, 6.45) is 2.85. The standard InChI is InChI=1S/C13H26O3/c1-5-15-9-10(2)16-11-7-6-8-13(3,4)12(11)14/h10-12,14H,5-9H2,1-4H3. The van der Waals surface area contributed by atoms with E-state index in [4.69, 9.17) is 9.47 Å². The molecule has 0 aromatic carbocycles. The van der Waals surface area contributed by atoms with E-state index in [2.05, 4.69) is 13.8 Å². The second kappa shape index (κ2) is 5.99. The van der Waals surface area contributed by atoms with Crippen molar-refractivity contribution in [3.63, 3.8) is 0 Å². The lowest BCUT2D eigenvalue weighted by molar-refractivity contribution is -0.143. The van der Waals surface area contributed by atoms with E-state index in [0.717, 1.165) is 19.3 Å². The molecule has 1 saturated carbocycles. The Bertz CT molecular complexity index is 203. The van der Waals surface area contributed by atoms with Crippen molar-refractivity contribution in [2.24, 2.45) is 5.41 Å². The van der Waals surface area contributed by atoms with E-state index in [1.54, 1.807) is 0 Å². The van der Waals surface area contributed by atoms with Gasteiger partial charge in [-0.2, -0.15) is 0 Å². The van der Waals surface area contributed by atoms with Crippen LogP contribution in [-0.2, 0) is 9.47 Å². The summed E-state index contributed by atoms with van der Waals surface area (Å²) in [6.45, 7) is 9.53. The van der Waals surface area contributed by atoms with Gasteiger partial charge in [0.15, 0.2) is 0 Å². The Morgan fingerprint density at radius 3 is 2.75 bits per heavy atom. The lowest BCUT2D eigenvalue weighted by Crippen LogP contribution is -2.46. The average Bonchev–Trinajstić information content (AvgIpc) is 2.22. The van der Waals surface area contributed by atoms with Crippen LogP contribution in [0.4, 0.5) is 0 Å². The van der Waals surface area contributed by atoms with E-state index in [-0.39, 0.29) is 23.7 Å². The van der Waals surface area contributed by atoms with Gasteiger partial charge in [0.05, 0.1) is 24.9 Å². The zero-order chi connectivity index (χ0) is 12.2. The molecule has 1 fully saturated rings. The van der Waals surface area contributed by atoms with Crippen molar-refractivity contribution in [2.75, 3.05) is 13.2 Å². The van der Waals surface area contributed by atoms with E-state index in [1.165, 1.54) is 0 Å². The molecule has 0 spiro atoms. The van der Waals surface area contributed by atoms with Gasteiger partial charge in [-0.3, -0.25) is 0 Å². The fraction of sp³-hybridized carbons (Fsp3) is 1.00. The van der Waals surface area contributed by atoms with Crippen LogP contribution in [0.15, 0.2) is 0 Å². The SMILES string of the molecule is CCOCC(C)OC1CCCC(C)(C)C1O. The molecule has 3 heteroatoms. The van der Waals surface area contributed by atoms with Crippen molar-refractivity contribution >= 4 is 0 Å². The third-order valence-electron chi connectivity index (χ3n) is 3.43. The maximum Gasteiger partial charge on any atom is 0.0852 e. The summed E-state index contributed by atoms with van der Waals surface area (Å²) in [5, 5.41) is 10.2. The third-order valence-corrected chi connectivity index (χ3v) is 3.43. The molecule has 0 bridgehead atoms. The van der Waals surface area contributed by atoms with Gasteiger partial charge in [0.1, 0.15) is 0 Å². The number of rotatable bonds is 5. The summed E-state index contributed by atoms with van der Waals surface area (Å²) in [4.78, 5) is 0. The second-order valence-electron chi connectivity index (χ2n) is 5.47. The molecule has 0 heterocycles. The van der Waals surface area contributed by atoms with E-state index in [9.17, 15) is 5.11 Å². The highest BCUT2D eigenvalue weighted by Crippen LogP contribution is 2.37. The number of hydrogen-bond donors (Lipinski definition) is 1. The molecule has 16 heavy (non-hydrogen) atoms. The maximum atomic E-state index is 10.2. The van der Waals surface area contributed by atoms with Crippen molar-refractivity contribution in [3.05, 3.63) is 0 Å². The van der Waals surface area contributed by atoms with Crippen molar-refractivity contribution in [1.29, 1.82) is 0 Å². The van der Waals surface area contributed by atoms with Crippen LogP contribution in [-0.4, -0.2) is 36.6 Å². The molecule has 0 saturated heterocycles. The highest BCUT2D eigenvalue weighted by atomic mass is 16.5. The van der Waals surface area contributed by atoms with Crippen LogP contribution in [0.5, 0.6) is 0 Å². The maximum absolute atomic E-state index is 10.2. The van der Waals surface area contributed by atoms with Crippen LogP contribution in [0.1, 0.15) is 47.0 Å². The predicted molar refractivity (Wildman–Crippen MR) is 64.5 cm³/mol. The molecule has 0 amide bonds. The van der Waals surface area contributed by atoms with Gasteiger partial charge in [-0.15, -0.1) is 0 Å². The predicted octanol–water partition coefficient (Wildman–Crippen LogP) is 2.37. The van der Waals surface area contributed by atoms with Crippen molar-refractivity contribution < 1.29 is 14.6 Å². The molecule has 1 N–H and O–H groups in total. The first-order valence-corrected chi connectivity index (χ1v) is 6.38. The molecule has 1 aliphatic rings. The van der Waals surface area contributed by atoms with Crippen molar-refractivity contribution in [1.82, 2.24) is 0 Å². The monoisotopic (exact) mass is 230 g/mol. The Hall–Kier alpha value is -0.120. The number of hydrogen-bond acceptors (Lipinski definition) is 3. The lowest BCUT2D eigenvalue weighted by Gasteiger charge is -2.41. The molecule has 0 aliphatic heterocycles. The lowest BCUT2D eigenvalue weighted by atomic mass is 9.73. The summed E-state index contributed by atoms with van der Waals surface area (Å²) in [5.74, 6) is 0. The largest absolute Gasteiger partial charge is 0.390 e. The summed E-state index contributed by atoms with van der Waals surface area (Å²) >= 11 is 0. The second-order valence-corrected chi connectivity index (χ2v) is 5.47. The molecule has 0 aromatic heterocycles. The van der Waals surface area contributed by atoms with Crippen molar-refractivity contribution in [2.45, 2.75) is 65.3 Å². The van der Waals surface area contributed by atoms with Gasteiger partial charge in [0, 0.05) is 6.61 Å². The number of aliphatic hydroxyl groups is 1. The first-order chi connectivity index (χ1) is 7.47. The first kappa shape index (κ1) is 13.9. The highest BCUT2D eigenvalue weighted by molar-refractivity contribution is 4.89. The fourth-order valence-corrected chi connectivity index (χ4v) is 2.33. The molecule has 3 nitrogen and oxygen atoms in total. The van der Waals surface area contributed by atoms with E-state index >= 15 is 0 Å². The number of ether oxygens (including phenoxy) is 2. The normalized spacial score (nSPS) is 31.3. The Balaban J connectivity index is 2.41. The summed E-state index contributed by atoms with van der Waals surface area (Å²) < 4.78 is 11.2. The number of aliphatic hydroxyl groups excluding tert-OH is 1. The van der Waals surface area contributed by atoms with Gasteiger partial charge in [0.25, 0.3) is 0 Å². The molecule has 1 aliphatic carbocycles. The van der Waals surface area contributed by atoms with Gasteiger partial charge >= 0.3 is 0 Å². The highest BCUT2D eigenvalue weighted by Gasteiger charge is 2.38. The summed E-state index contributed by atoms with van der Waals surface area (Å²) in [6, 6.07) is 0. The van der Waals surface area contributed by atoms with E-state index < -0.39 is 0 Å². The Kier molecular flexibility index (Phi) is 5.22. The van der Waals surface area contributed by atoms with E-state index in [1.807, 2.05) is 13.8 Å². The summed E-state index contributed by atoms with van der Waals surface area (Å²) in [7, 11) is 0. The summed E-state index contributed by atoms with van der Waals surface area (Å²) in [5.41, 5.74) is -0.0196. The average molecular weight is 230 g/mol. The Morgan fingerprint density at radius 2 is 2.12 bits per heavy atom. The molecule has 96 valence electrons. The van der Waals surface area contributed by atoms with Gasteiger partial charge < -0.3 is 14.6 Å². The van der Waals surface area contributed by atoms with Gasteiger partial charge in [-0.1, -0.05) is 20.3 Å². The third kappa shape index (κ3) is 3.72. The van der Waals surface area contributed by atoms with E-state index in [0.29, 0.717) is 13.2 Å². The molecule has 3 unspecified atom stereocenters. The topological polar surface area (TPSA) is 38.7 Å². The molecular formula is C13H26O3. The van der Waals surface area contributed by atoms with Crippen LogP contribution in [0, 0.1) is 5.41 Å². The zero-order valence-corrected chi connectivity index (χ0v) is 11.0. The smallest absolute Gasteiger partial charge is 0.0852 e. The van der Waals surface area contributed by atoms with Crippen LogP contribution in [0.25, 0.3) is 0 Å². The molecular weight excluding hydrogens is 204 g/mol. The molecule has 3 atom stereocenters. The van der Waals surface area contributed by atoms with Crippen LogP contribution in [0.3, 0.4) is 0 Å². The zero-order valence-electron chi connectivity index (χ0n) is 11.0. The van der Waals surface area contributed by atoms with Crippen LogP contribution in [0.2, 0.25) is 0 Å². The first-order valence-electron chi connectivity index (χ1n) is 6.38. The minimum absolute atomic E-state index is 0.0196. The van der Waals surface area contributed by atoms with Crippen molar-refractivity contribution in [3.8, 4) is 0 Å². The minimum atomic E-state index is -0.356. The van der Waals surface area contributed by atoms with Gasteiger partial charge in [-0.05, 0) is 32.1 Å². The van der Waals surface area contributed by atoms with Gasteiger partial charge in [-0.25, -0.2) is 0 Å². The van der Waals surface area contributed by atoms with Crippen LogP contribution < -0.4 is 0 Å².